The van der Waals surface area contributed by atoms with Crippen LogP contribution < -0.4 is 0 Å². The van der Waals surface area contributed by atoms with Crippen molar-refractivity contribution >= 4 is 11.9 Å². The van der Waals surface area contributed by atoms with Crippen LogP contribution in [0.2, 0.25) is 0 Å². The van der Waals surface area contributed by atoms with Gasteiger partial charge >= 0.3 is 11.9 Å². The summed E-state index contributed by atoms with van der Waals surface area (Å²) in [5, 5.41) is 0. The molecule has 0 saturated carbocycles. The lowest BCUT2D eigenvalue weighted by Gasteiger charge is -2.13. The second-order valence-corrected chi connectivity index (χ2v) is 3.73. The molecule has 0 aromatic heterocycles. The highest BCUT2D eigenvalue weighted by molar-refractivity contribution is 5.72. The van der Waals surface area contributed by atoms with Crippen molar-refractivity contribution in [1.29, 1.82) is 0 Å². The molecule has 5 heteroatoms. The number of carbonyl (C=O) groups excluding carboxylic acids is 2. The molecule has 0 aliphatic heterocycles. The number of hydrogen-bond donors (Lipinski definition) is 0. The Labute approximate surface area is 96.1 Å². The standard InChI is InChI=1S/C11H20O5/c1-8(7-14-4)11(13)15-6-5-9(2)16-10(3)12/h8-9H,5-7H2,1-4H3. The lowest BCUT2D eigenvalue weighted by atomic mass is 10.2. The molecule has 0 aromatic rings. The van der Waals surface area contributed by atoms with Gasteiger partial charge in [0.1, 0.15) is 6.10 Å². The third kappa shape index (κ3) is 7.23. The number of ether oxygens (including phenoxy) is 3. The van der Waals surface area contributed by atoms with Gasteiger partial charge in [0.2, 0.25) is 0 Å². The molecule has 0 spiro atoms. The number of methoxy groups -OCH3 is 1. The second-order valence-electron chi connectivity index (χ2n) is 3.73. The van der Waals surface area contributed by atoms with Crippen molar-refractivity contribution in [2.75, 3.05) is 20.3 Å². The predicted octanol–water partition coefficient (Wildman–Crippen LogP) is 1.15. The van der Waals surface area contributed by atoms with Gasteiger partial charge in [-0.3, -0.25) is 9.59 Å². The molecule has 5 nitrogen and oxygen atoms in total. The Kier molecular flexibility index (Phi) is 7.54. The number of rotatable bonds is 7. The maximum atomic E-state index is 11.3. The zero-order chi connectivity index (χ0) is 12.6. The molecule has 0 aromatic carbocycles. The summed E-state index contributed by atoms with van der Waals surface area (Å²) in [5.41, 5.74) is 0. The van der Waals surface area contributed by atoms with Crippen LogP contribution in [0.25, 0.3) is 0 Å². The summed E-state index contributed by atoms with van der Waals surface area (Å²) >= 11 is 0. The maximum absolute atomic E-state index is 11.3. The van der Waals surface area contributed by atoms with Gasteiger partial charge in [-0.2, -0.15) is 0 Å². The number of carbonyl (C=O) groups is 2. The van der Waals surface area contributed by atoms with Gasteiger partial charge in [0.15, 0.2) is 0 Å². The summed E-state index contributed by atoms with van der Waals surface area (Å²) in [6.45, 7) is 5.44. The van der Waals surface area contributed by atoms with Crippen LogP contribution in [0.1, 0.15) is 27.2 Å². The van der Waals surface area contributed by atoms with Gasteiger partial charge < -0.3 is 14.2 Å². The third-order valence-electron chi connectivity index (χ3n) is 1.95. The van der Waals surface area contributed by atoms with Crippen molar-refractivity contribution in [3.05, 3.63) is 0 Å². The van der Waals surface area contributed by atoms with Crippen molar-refractivity contribution in [2.45, 2.75) is 33.3 Å². The zero-order valence-corrected chi connectivity index (χ0v) is 10.3. The fraction of sp³-hybridized carbons (Fsp3) is 0.818. The van der Waals surface area contributed by atoms with Gasteiger partial charge in [0.05, 0.1) is 19.1 Å². The third-order valence-corrected chi connectivity index (χ3v) is 1.95. The van der Waals surface area contributed by atoms with Crippen LogP contribution in [0, 0.1) is 5.92 Å². The van der Waals surface area contributed by atoms with E-state index in [-0.39, 0.29) is 30.6 Å². The first-order chi connectivity index (χ1) is 7.47. The van der Waals surface area contributed by atoms with Crippen LogP contribution in [0.5, 0.6) is 0 Å². The lowest BCUT2D eigenvalue weighted by molar-refractivity contribution is -0.151. The molecule has 0 saturated heterocycles. The number of hydrogen-bond acceptors (Lipinski definition) is 5. The van der Waals surface area contributed by atoms with E-state index in [2.05, 4.69) is 0 Å². The number of esters is 2. The van der Waals surface area contributed by atoms with E-state index >= 15 is 0 Å². The first kappa shape index (κ1) is 14.9. The Hall–Kier alpha value is -1.10. The minimum Gasteiger partial charge on any atom is -0.465 e. The summed E-state index contributed by atoms with van der Waals surface area (Å²) in [6, 6.07) is 0. The molecule has 94 valence electrons. The van der Waals surface area contributed by atoms with Crippen molar-refractivity contribution < 1.29 is 23.8 Å². The van der Waals surface area contributed by atoms with Crippen molar-refractivity contribution in [2.24, 2.45) is 5.92 Å². The van der Waals surface area contributed by atoms with Crippen molar-refractivity contribution in [1.82, 2.24) is 0 Å². The summed E-state index contributed by atoms with van der Waals surface area (Å²) in [4.78, 5) is 21.9. The van der Waals surface area contributed by atoms with E-state index in [9.17, 15) is 9.59 Å². The molecule has 2 atom stereocenters. The average molecular weight is 232 g/mol. The van der Waals surface area contributed by atoms with Crippen LogP contribution in [-0.2, 0) is 23.8 Å². The SMILES string of the molecule is COCC(C)C(=O)OCCC(C)OC(C)=O. The van der Waals surface area contributed by atoms with Gasteiger partial charge in [0, 0.05) is 20.5 Å². The van der Waals surface area contributed by atoms with Crippen LogP contribution >= 0.6 is 0 Å². The van der Waals surface area contributed by atoms with E-state index in [1.54, 1.807) is 13.8 Å². The molecule has 0 aliphatic carbocycles. The molecule has 0 aliphatic rings. The van der Waals surface area contributed by atoms with E-state index in [4.69, 9.17) is 14.2 Å². The van der Waals surface area contributed by atoms with Crippen LogP contribution in [0.15, 0.2) is 0 Å². The first-order valence-corrected chi connectivity index (χ1v) is 5.30. The monoisotopic (exact) mass is 232 g/mol. The normalized spacial score (nSPS) is 14.0. The molecule has 2 unspecified atom stereocenters. The maximum Gasteiger partial charge on any atom is 0.310 e. The minimum atomic E-state index is -0.327. The molecular formula is C11H20O5. The highest BCUT2D eigenvalue weighted by atomic mass is 16.6. The Bertz CT molecular complexity index is 226. The molecular weight excluding hydrogens is 212 g/mol. The summed E-state index contributed by atoms with van der Waals surface area (Å²) in [6.07, 6.45) is 0.272. The van der Waals surface area contributed by atoms with Gasteiger partial charge in [0.25, 0.3) is 0 Å². The quantitative estimate of drug-likeness (QED) is 0.616. The lowest BCUT2D eigenvalue weighted by Crippen LogP contribution is -2.22. The highest BCUT2D eigenvalue weighted by Gasteiger charge is 2.14. The summed E-state index contributed by atoms with van der Waals surface area (Å²) < 4.78 is 14.7. The van der Waals surface area contributed by atoms with Crippen molar-refractivity contribution in [3.63, 3.8) is 0 Å². The van der Waals surface area contributed by atoms with Crippen LogP contribution in [-0.4, -0.2) is 38.4 Å². The predicted molar refractivity (Wildman–Crippen MR) is 57.8 cm³/mol. The Morgan fingerprint density at radius 3 is 2.38 bits per heavy atom. The van der Waals surface area contributed by atoms with E-state index in [1.165, 1.54) is 14.0 Å². The minimum absolute atomic E-state index is 0.233. The molecule has 0 radical (unpaired) electrons. The molecule has 0 bridgehead atoms. The van der Waals surface area contributed by atoms with Crippen molar-refractivity contribution in [3.8, 4) is 0 Å². The molecule has 0 amide bonds. The van der Waals surface area contributed by atoms with Gasteiger partial charge in [-0.15, -0.1) is 0 Å². The van der Waals surface area contributed by atoms with Gasteiger partial charge in [-0.25, -0.2) is 0 Å². The molecule has 16 heavy (non-hydrogen) atoms. The van der Waals surface area contributed by atoms with Crippen LogP contribution in [0.4, 0.5) is 0 Å². The molecule has 0 heterocycles. The second kappa shape index (κ2) is 8.10. The summed E-state index contributed by atoms with van der Waals surface area (Å²) in [7, 11) is 1.53. The average Bonchev–Trinajstić information content (AvgIpc) is 2.16. The van der Waals surface area contributed by atoms with E-state index < -0.39 is 0 Å². The van der Waals surface area contributed by atoms with E-state index in [1.807, 2.05) is 0 Å². The highest BCUT2D eigenvalue weighted by Crippen LogP contribution is 2.02. The summed E-state index contributed by atoms with van der Waals surface area (Å²) in [5.74, 6) is -0.891. The largest absolute Gasteiger partial charge is 0.465 e. The van der Waals surface area contributed by atoms with E-state index in [0.29, 0.717) is 13.0 Å². The topological polar surface area (TPSA) is 61.8 Å². The van der Waals surface area contributed by atoms with E-state index in [0.717, 1.165) is 0 Å². The van der Waals surface area contributed by atoms with Gasteiger partial charge in [-0.1, -0.05) is 0 Å². The smallest absolute Gasteiger partial charge is 0.310 e. The Balaban J connectivity index is 3.65. The van der Waals surface area contributed by atoms with Gasteiger partial charge in [-0.05, 0) is 13.8 Å². The fourth-order valence-electron chi connectivity index (χ4n) is 1.13. The molecule has 0 fully saturated rings. The Morgan fingerprint density at radius 2 is 1.88 bits per heavy atom. The fourth-order valence-corrected chi connectivity index (χ4v) is 1.13. The first-order valence-electron chi connectivity index (χ1n) is 5.30. The Morgan fingerprint density at radius 1 is 1.25 bits per heavy atom. The molecule has 0 N–H and O–H groups in total. The zero-order valence-electron chi connectivity index (χ0n) is 10.3. The van der Waals surface area contributed by atoms with Crippen LogP contribution in [0.3, 0.4) is 0 Å². The molecule has 0 rings (SSSR count).